The van der Waals surface area contributed by atoms with Gasteiger partial charge in [-0.25, -0.2) is 0 Å². The van der Waals surface area contributed by atoms with E-state index in [1.807, 2.05) is 0 Å². The first-order chi connectivity index (χ1) is 7.34. The monoisotopic (exact) mass is 211 g/mol. The number of rotatable bonds is 3. The number of hydrogen-bond acceptors (Lipinski definition) is 2. The molecule has 1 saturated carbocycles. The lowest BCUT2D eigenvalue weighted by atomic mass is 9.92. The fraction of sp³-hybridized carbons (Fsp3) is 1.00. The fourth-order valence-corrected chi connectivity index (χ4v) is 3.06. The maximum Gasteiger partial charge on any atom is 0.0576 e. The second kappa shape index (κ2) is 5.86. The van der Waals surface area contributed by atoms with Gasteiger partial charge in [-0.2, -0.15) is 0 Å². The summed E-state index contributed by atoms with van der Waals surface area (Å²) in [5.74, 6) is 0.881. The van der Waals surface area contributed by atoms with Gasteiger partial charge in [-0.1, -0.05) is 19.3 Å². The van der Waals surface area contributed by atoms with Gasteiger partial charge in [0, 0.05) is 12.6 Å². The summed E-state index contributed by atoms with van der Waals surface area (Å²) in [7, 11) is 0. The fourth-order valence-electron chi connectivity index (χ4n) is 3.06. The van der Waals surface area contributed by atoms with Crippen LogP contribution in [0.2, 0.25) is 0 Å². The molecule has 0 aromatic heterocycles. The molecule has 0 spiro atoms. The Bertz CT molecular complexity index is 177. The van der Waals surface area contributed by atoms with E-state index in [2.05, 4.69) is 0 Å². The van der Waals surface area contributed by atoms with E-state index in [9.17, 15) is 0 Å². The van der Waals surface area contributed by atoms with E-state index in [-0.39, 0.29) is 0 Å². The lowest BCUT2D eigenvalue weighted by Gasteiger charge is -2.18. The highest BCUT2D eigenvalue weighted by atomic mass is 16.5. The summed E-state index contributed by atoms with van der Waals surface area (Å²) in [5.41, 5.74) is 6.08. The largest absolute Gasteiger partial charge is 0.378 e. The Balaban J connectivity index is 1.67. The Morgan fingerprint density at radius 2 is 1.87 bits per heavy atom. The van der Waals surface area contributed by atoms with Crippen LogP contribution in [0, 0.1) is 5.92 Å². The Morgan fingerprint density at radius 1 is 1.00 bits per heavy atom. The smallest absolute Gasteiger partial charge is 0.0576 e. The average molecular weight is 211 g/mol. The normalized spacial score (nSPS) is 37.8. The van der Waals surface area contributed by atoms with Crippen LogP contribution in [0.15, 0.2) is 0 Å². The Hall–Kier alpha value is -0.0800. The van der Waals surface area contributed by atoms with Crippen LogP contribution in [0.3, 0.4) is 0 Å². The molecule has 3 unspecified atom stereocenters. The second-order valence-corrected chi connectivity index (χ2v) is 5.36. The highest BCUT2D eigenvalue weighted by molar-refractivity contribution is 4.75. The van der Waals surface area contributed by atoms with Gasteiger partial charge in [-0.3, -0.25) is 0 Å². The van der Waals surface area contributed by atoms with E-state index in [0.717, 1.165) is 12.5 Å². The maximum absolute atomic E-state index is 6.08. The SMILES string of the molecule is NC1CCCCC(CCC2CCCO2)C1. The minimum Gasteiger partial charge on any atom is -0.378 e. The van der Waals surface area contributed by atoms with E-state index >= 15 is 0 Å². The first-order valence-corrected chi connectivity index (χ1v) is 6.72. The van der Waals surface area contributed by atoms with Gasteiger partial charge in [0.25, 0.3) is 0 Å². The highest BCUT2D eigenvalue weighted by Gasteiger charge is 2.21. The van der Waals surface area contributed by atoms with Crippen LogP contribution in [0.4, 0.5) is 0 Å². The summed E-state index contributed by atoms with van der Waals surface area (Å²) in [6.07, 6.45) is 12.4. The van der Waals surface area contributed by atoms with Gasteiger partial charge in [-0.05, 0) is 44.4 Å². The third-order valence-electron chi connectivity index (χ3n) is 3.99. The van der Waals surface area contributed by atoms with E-state index in [0.29, 0.717) is 12.1 Å². The lowest BCUT2D eigenvalue weighted by molar-refractivity contribution is 0.0970. The molecule has 0 bridgehead atoms. The van der Waals surface area contributed by atoms with Crippen LogP contribution in [-0.4, -0.2) is 18.8 Å². The topological polar surface area (TPSA) is 35.2 Å². The molecule has 0 aromatic carbocycles. The Labute approximate surface area is 93.6 Å². The van der Waals surface area contributed by atoms with Crippen molar-refractivity contribution in [2.24, 2.45) is 11.7 Å². The minimum atomic E-state index is 0.474. The van der Waals surface area contributed by atoms with Crippen molar-refractivity contribution in [3.63, 3.8) is 0 Å². The molecule has 3 atom stereocenters. The van der Waals surface area contributed by atoms with Gasteiger partial charge < -0.3 is 10.5 Å². The van der Waals surface area contributed by atoms with Gasteiger partial charge in [0.15, 0.2) is 0 Å². The summed E-state index contributed by atoms with van der Waals surface area (Å²) in [6.45, 7) is 0.995. The van der Waals surface area contributed by atoms with Crippen molar-refractivity contribution in [2.45, 2.75) is 69.9 Å². The van der Waals surface area contributed by atoms with Crippen LogP contribution in [0.25, 0.3) is 0 Å². The predicted molar refractivity (Wildman–Crippen MR) is 62.8 cm³/mol. The van der Waals surface area contributed by atoms with E-state index in [1.54, 1.807) is 0 Å². The van der Waals surface area contributed by atoms with Crippen LogP contribution in [-0.2, 0) is 4.74 Å². The van der Waals surface area contributed by atoms with Crippen molar-refractivity contribution in [3.05, 3.63) is 0 Å². The molecule has 88 valence electrons. The molecule has 2 heteroatoms. The Kier molecular flexibility index (Phi) is 4.45. The molecule has 1 heterocycles. The molecule has 15 heavy (non-hydrogen) atoms. The van der Waals surface area contributed by atoms with E-state index in [1.165, 1.54) is 57.8 Å². The van der Waals surface area contributed by atoms with Gasteiger partial charge in [0.1, 0.15) is 0 Å². The molecular formula is C13H25NO. The summed E-state index contributed by atoms with van der Waals surface area (Å²) < 4.78 is 5.67. The molecular weight excluding hydrogens is 186 g/mol. The van der Waals surface area contributed by atoms with E-state index in [4.69, 9.17) is 10.5 Å². The third-order valence-corrected chi connectivity index (χ3v) is 3.99. The minimum absolute atomic E-state index is 0.474. The quantitative estimate of drug-likeness (QED) is 0.729. The number of ether oxygens (including phenoxy) is 1. The number of nitrogens with two attached hydrogens (primary N) is 1. The maximum atomic E-state index is 6.08. The van der Waals surface area contributed by atoms with E-state index < -0.39 is 0 Å². The van der Waals surface area contributed by atoms with Crippen molar-refractivity contribution in [2.75, 3.05) is 6.61 Å². The molecule has 0 aromatic rings. The van der Waals surface area contributed by atoms with Crippen LogP contribution >= 0.6 is 0 Å². The lowest BCUT2D eigenvalue weighted by Crippen LogP contribution is -2.22. The molecule has 2 N–H and O–H groups in total. The first-order valence-electron chi connectivity index (χ1n) is 6.72. The standard InChI is InChI=1S/C13H25NO/c14-12-5-2-1-4-11(10-12)7-8-13-6-3-9-15-13/h11-13H,1-10,14H2. The van der Waals surface area contributed by atoms with Crippen LogP contribution in [0.5, 0.6) is 0 Å². The number of hydrogen-bond donors (Lipinski definition) is 1. The molecule has 1 aliphatic carbocycles. The molecule has 1 saturated heterocycles. The van der Waals surface area contributed by atoms with Crippen molar-refractivity contribution in [3.8, 4) is 0 Å². The zero-order chi connectivity index (χ0) is 10.5. The zero-order valence-corrected chi connectivity index (χ0v) is 9.79. The Morgan fingerprint density at radius 3 is 2.67 bits per heavy atom. The molecule has 1 aliphatic heterocycles. The highest BCUT2D eigenvalue weighted by Crippen LogP contribution is 2.28. The first kappa shape index (κ1) is 11.4. The molecule has 0 radical (unpaired) electrons. The van der Waals surface area contributed by atoms with Crippen molar-refractivity contribution in [1.82, 2.24) is 0 Å². The average Bonchev–Trinajstić information content (AvgIpc) is 2.65. The molecule has 2 fully saturated rings. The second-order valence-electron chi connectivity index (χ2n) is 5.36. The van der Waals surface area contributed by atoms with Gasteiger partial charge in [0.2, 0.25) is 0 Å². The third kappa shape index (κ3) is 3.76. The van der Waals surface area contributed by atoms with Gasteiger partial charge in [0.05, 0.1) is 6.10 Å². The van der Waals surface area contributed by atoms with Crippen LogP contribution < -0.4 is 5.73 Å². The summed E-state index contributed by atoms with van der Waals surface area (Å²) in [6, 6.07) is 0.474. The van der Waals surface area contributed by atoms with Crippen molar-refractivity contribution >= 4 is 0 Å². The summed E-state index contributed by atoms with van der Waals surface area (Å²) >= 11 is 0. The van der Waals surface area contributed by atoms with Gasteiger partial charge in [-0.15, -0.1) is 0 Å². The molecule has 2 rings (SSSR count). The summed E-state index contributed by atoms with van der Waals surface area (Å²) in [4.78, 5) is 0. The van der Waals surface area contributed by atoms with Crippen molar-refractivity contribution < 1.29 is 4.74 Å². The molecule has 2 aliphatic rings. The predicted octanol–water partition coefficient (Wildman–Crippen LogP) is 2.85. The molecule has 2 nitrogen and oxygen atoms in total. The summed E-state index contributed by atoms with van der Waals surface area (Å²) in [5, 5.41) is 0. The zero-order valence-electron chi connectivity index (χ0n) is 9.79. The van der Waals surface area contributed by atoms with Crippen molar-refractivity contribution in [1.29, 1.82) is 0 Å². The van der Waals surface area contributed by atoms with Crippen LogP contribution in [0.1, 0.15) is 57.8 Å². The molecule has 0 amide bonds. The van der Waals surface area contributed by atoms with Gasteiger partial charge >= 0.3 is 0 Å².